The van der Waals surface area contributed by atoms with Gasteiger partial charge in [-0.25, -0.2) is 0 Å². The van der Waals surface area contributed by atoms with Gasteiger partial charge in [0.2, 0.25) is 0 Å². The number of benzene rings is 4. The number of rotatable bonds is 15. The summed E-state index contributed by atoms with van der Waals surface area (Å²) in [6, 6.07) is 36.6. The van der Waals surface area contributed by atoms with E-state index in [1.807, 2.05) is 0 Å². The Morgan fingerprint density at radius 2 is 1.21 bits per heavy atom. The Hall–Kier alpha value is -3.56. The van der Waals surface area contributed by atoms with Gasteiger partial charge in [-0.1, -0.05) is 103 Å². The molecule has 4 aromatic rings. The van der Waals surface area contributed by atoms with Crippen LogP contribution in [0.5, 0.6) is 11.5 Å². The molecule has 1 atom stereocenters. The monoisotopic (exact) mass is 521 g/mol. The highest BCUT2D eigenvalue weighted by Gasteiger charge is 2.11. The van der Waals surface area contributed by atoms with Gasteiger partial charge in [-0.05, 0) is 72.9 Å². The second-order valence-corrected chi connectivity index (χ2v) is 10.7. The van der Waals surface area contributed by atoms with Crippen molar-refractivity contribution in [2.45, 2.75) is 52.6 Å². The van der Waals surface area contributed by atoms with Crippen molar-refractivity contribution in [3.8, 4) is 11.5 Å². The average Bonchev–Trinajstić information content (AvgIpc) is 2.97. The number of hydrogen-bond acceptors (Lipinski definition) is 3. The van der Waals surface area contributed by atoms with Crippen LogP contribution in [0.15, 0.2) is 103 Å². The first kappa shape index (κ1) is 28.4. The smallest absolute Gasteiger partial charge is 0.161 e. The zero-order valence-corrected chi connectivity index (χ0v) is 23.8. The van der Waals surface area contributed by atoms with Crippen LogP contribution in [0, 0.1) is 12.8 Å². The Kier molecular flexibility index (Phi) is 11.0. The molecule has 4 rings (SSSR count). The molecule has 0 aliphatic carbocycles. The van der Waals surface area contributed by atoms with Gasteiger partial charge < -0.3 is 9.47 Å². The molecule has 204 valence electrons. The molecule has 0 fully saturated rings. The number of aryl methyl sites for hydroxylation is 3. The Bertz CT molecular complexity index is 1200. The van der Waals surface area contributed by atoms with Crippen LogP contribution in [0.2, 0.25) is 0 Å². The predicted molar refractivity (Wildman–Crippen MR) is 162 cm³/mol. The highest BCUT2D eigenvalue weighted by atomic mass is 16.5. The molecule has 0 amide bonds. The maximum Gasteiger partial charge on any atom is 0.161 e. The Morgan fingerprint density at radius 1 is 0.641 bits per heavy atom. The molecule has 0 aliphatic heterocycles. The molecule has 0 spiro atoms. The Balaban J connectivity index is 1.28. The zero-order chi connectivity index (χ0) is 27.3. The van der Waals surface area contributed by atoms with Gasteiger partial charge in [-0.15, -0.1) is 0 Å². The van der Waals surface area contributed by atoms with E-state index < -0.39 is 0 Å². The normalized spacial score (nSPS) is 11.9. The first-order chi connectivity index (χ1) is 19.1. The van der Waals surface area contributed by atoms with Gasteiger partial charge in [-0.2, -0.15) is 0 Å². The van der Waals surface area contributed by atoms with Gasteiger partial charge in [0.15, 0.2) is 11.5 Å². The predicted octanol–water partition coefficient (Wildman–Crippen LogP) is 8.29. The van der Waals surface area contributed by atoms with Crippen molar-refractivity contribution < 1.29 is 9.47 Å². The van der Waals surface area contributed by atoms with E-state index in [1.54, 1.807) is 7.11 Å². The molecule has 0 N–H and O–H groups in total. The number of hydrogen-bond donors (Lipinski definition) is 0. The van der Waals surface area contributed by atoms with E-state index in [0.717, 1.165) is 44.0 Å². The molecule has 0 aromatic heterocycles. The molecule has 4 aromatic carbocycles. The molecule has 3 heteroatoms. The maximum absolute atomic E-state index is 6.24. The molecular formula is C36H43NO2. The summed E-state index contributed by atoms with van der Waals surface area (Å²) < 4.78 is 12.0. The lowest BCUT2D eigenvalue weighted by molar-refractivity contribution is 0.192. The van der Waals surface area contributed by atoms with Crippen LogP contribution in [-0.2, 0) is 25.9 Å². The van der Waals surface area contributed by atoms with Crippen LogP contribution in [0.1, 0.15) is 47.6 Å². The summed E-state index contributed by atoms with van der Waals surface area (Å²) in [5, 5.41) is 0. The van der Waals surface area contributed by atoms with Crippen molar-refractivity contribution >= 4 is 0 Å². The fourth-order valence-electron chi connectivity index (χ4n) is 4.89. The first-order valence-corrected chi connectivity index (χ1v) is 14.2. The SMILES string of the molecule is COc1cc(CC[C@@H](C)CCc2ccc(C)cc2)ccc1OCCN(Cc1ccccc1)Cc1ccccc1. The lowest BCUT2D eigenvalue weighted by Crippen LogP contribution is -2.27. The minimum Gasteiger partial charge on any atom is -0.493 e. The van der Waals surface area contributed by atoms with Crippen molar-refractivity contribution in [3.63, 3.8) is 0 Å². The van der Waals surface area contributed by atoms with E-state index in [9.17, 15) is 0 Å². The van der Waals surface area contributed by atoms with E-state index in [4.69, 9.17) is 9.47 Å². The fraction of sp³-hybridized carbons (Fsp3) is 0.333. The minimum atomic E-state index is 0.603. The van der Waals surface area contributed by atoms with E-state index in [-0.39, 0.29) is 0 Å². The third-order valence-electron chi connectivity index (χ3n) is 7.36. The summed E-state index contributed by atoms with van der Waals surface area (Å²) >= 11 is 0. The van der Waals surface area contributed by atoms with Crippen LogP contribution in [0.4, 0.5) is 0 Å². The molecule has 0 saturated carbocycles. The molecule has 0 aliphatic rings. The van der Waals surface area contributed by atoms with E-state index in [1.165, 1.54) is 40.7 Å². The van der Waals surface area contributed by atoms with Crippen molar-refractivity contribution in [2.24, 2.45) is 5.92 Å². The van der Waals surface area contributed by atoms with Crippen LogP contribution in [0.25, 0.3) is 0 Å². The second kappa shape index (κ2) is 15.1. The van der Waals surface area contributed by atoms with Gasteiger partial charge in [0.05, 0.1) is 7.11 Å². The molecule has 3 nitrogen and oxygen atoms in total. The summed E-state index contributed by atoms with van der Waals surface area (Å²) in [6.45, 7) is 7.70. The van der Waals surface area contributed by atoms with Crippen molar-refractivity contribution in [1.82, 2.24) is 4.90 Å². The number of methoxy groups -OCH3 is 1. The summed E-state index contributed by atoms with van der Waals surface area (Å²) in [4.78, 5) is 2.43. The number of nitrogens with zero attached hydrogens (tertiary/aromatic N) is 1. The van der Waals surface area contributed by atoms with Gasteiger partial charge in [-0.3, -0.25) is 4.90 Å². The zero-order valence-electron chi connectivity index (χ0n) is 23.8. The largest absolute Gasteiger partial charge is 0.493 e. The van der Waals surface area contributed by atoms with Crippen molar-refractivity contribution in [1.29, 1.82) is 0 Å². The van der Waals surface area contributed by atoms with Crippen LogP contribution in [-0.4, -0.2) is 25.2 Å². The molecule has 39 heavy (non-hydrogen) atoms. The fourth-order valence-corrected chi connectivity index (χ4v) is 4.89. The highest BCUT2D eigenvalue weighted by Crippen LogP contribution is 2.29. The third-order valence-corrected chi connectivity index (χ3v) is 7.36. The highest BCUT2D eigenvalue weighted by molar-refractivity contribution is 5.43. The summed E-state index contributed by atoms with van der Waals surface area (Å²) in [5.74, 6) is 2.30. The maximum atomic E-state index is 6.24. The number of ether oxygens (including phenoxy) is 2. The standard InChI is InChI=1S/C36H43NO2/c1-29-14-18-31(19-15-29)20-16-30(2)17-21-32-22-23-35(36(26-32)38-3)39-25-24-37(27-33-10-6-4-7-11-33)28-34-12-8-5-9-13-34/h4-15,18-19,22-23,26,30H,16-17,20-21,24-25,27-28H2,1-3H3/t30-/m0/s1. The van der Waals surface area contributed by atoms with Crippen LogP contribution < -0.4 is 9.47 Å². The van der Waals surface area contributed by atoms with Crippen LogP contribution >= 0.6 is 0 Å². The molecular weight excluding hydrogens is 478 g/mol. The average molecular weight is 522 g/mol. The molecule has 0 unspecified atom stereocenters. The van der Waals surface area contributed by atoms with Gasteiger partial charge >= 0.3 is 0 Å². The first-order valence-electron chi connectivity index (χ1n) is 14.2. The lowest BCUT2D eigenvalue weighted by Gasteiger charge is -2.23. The molecule has 0 saturated heterocycles. The van der Waals surface area contributed by atoms with Gasteiger partial charge in [0.25, 0.3) is 0 Å². The quantitative estimate of drug-likeness (QED) is 0.157. The van der Waals surface area contributed by atoms with Crippen molar-refractivity contribution in [2.75, 3.05) is 20.3 Å². The lowest BCUT2D eigenvalue weighted by atomic mass is 9.94. The topological polar surface area (TPSA) is 21.7 Å². The van der Waals surface area contributed by atoms with Gasteiger partial charge in [0.1, 0.15) is 6.61 Å². The Morgan fingerprint density at radius 3 is 1.79 bits per heavy atom. The van der Waals surface area contributed by atoms with Crippen molar-refractivity contribution in [3.05, 3.63) is 131 Å². The Labute approximate surface area is 235 Å². The summed E-state index contributed by atoms with van der Waals surface area (Å²) in [5.41, 5.74) is 6.68. The minimum absolute atomic E-state index is 0.603. The second-order valence-electron chi connectivity index (χ2n) is 10.7. The van der Waals surface area contributed by atoms with E-state index in [0.29, 0.717) is 12.5 Å². The van der Waals surface area contributed by atoms with Gasteiger partial charge in [0, 0.05) is 19.6 Å². The van der Waals surface area contributed by atoms with E-state index >= 15 is 0 Å². The molecule has 0 heterocycles. The van der Waals surface area contributed by atoms with Crippen LogP contribution in [0.3, 0.4) is 0 Å². The van der Waals surface area contributed by atoms with E-state index in [2.05, 4.69) is 122 Å². The summed E-state index contributed by atoms with van der Waals surface area (Å²) in [7, 11) is 1.73. The third kappa shape index (κ3) is 9.60. The molecule has 0 radical (unpaired) electrons. The molecule has 0 bridgehead atoms. The summed E-state index contributed by atoms with van der Waals surface area (Å²) in [6.07, 6.45) is 4.57.